The van der Waals surface area contributed by atoms with E-state index in [9.17, 15) is 4.79 Å². The van der Waals surface area contributed by atoms with Gasteiger partial charge in [0.2, 0.25) is 0 Å². The van der Waals surface area contributed by atoms with E-state index < -0.39 is 0 Å². The number of pyridine rings is 2. The van der Waals surface area contributed by atoms with Gasteiger partial charge in [-0.05, 0) is 50.1 Å². The summed E-state index contributed by atoms with van der Waals surface area (Å²) in [6.45, 7) is 4.76. The van der Waals surface area contributed by atoms with E-state index in [0.29, 0.717) is 35.7 Å². The van der Waals surface area contributed by atoms with Gasteiger partial charge in [-0.3, -0.25) is 14.8 Å². The molecular formula is C20H25Cl2N5O2. The molecule has 0 radical (unpaired) electrons. The van der Waals surface area contributed by atoms with E-state index >= 15 is 0 Å². The summed E-state index contributed by atoms with van der Waals surface area (Å²) in [7, 11) is 0. The minimum Gasteiger partial charge on any atom is -0.412 e. The molecule has 9 heteroatoms. The lowest BCUT2D eigenvalue weighted by Crippen LogP contribution is -2.34. The van der Waals surface area contributed by atoms with Crippen molar-refractivity contribution >= 4 is 41.0 Å². The Morgan fingerprint density at radius 3 is 2.66 bits per heavy atom. The minimum absolute atomic E-state index is 0. The first kappa shape index (κ1) is 24.4. The van der Waals surface area contributed by atoms with Gasteiger partial charge in [-0.2, -0.15) is 0 Å². The van der Waals surface area contributed by atoms with E-state index in [2.05, 4.69) is 10.3 Å². The SMILES string of the molecule is CCn1c(=O)c(CCNC(=N)N)c(-c2cccc(Cl)c2)c2ccc(C)nc21.Cl.O. The third kappa shape index (κ3) is 5.06. The number of fused-ring (bicyclic) bond motifs is 1. The number of halogens is 2. The van der Waals surface area contributed by atoms with Crippen molar-refractivity contribution in [1.82, 2.24) is 14.9 Å². The van der Waals surface area contributed by atoms with E-state index in [4.69, 9.17) is 22.7 Å². The van der Waals surface area contributed by atoms with E-state index in [1.807, 2.05) is 44.2 Å². The van der Waals surface area contributed by atoms with Crippen molar-refractivity contribution in [3.63, 3.8) is 0 Å². The van der Waals surface area contributed by atoms with Gasteiger partial charge in [-0.1, -0.05) is 23.7 Å². The molecule has 0 aliphatic rings. The molecule has 1 aromatic carbocycles. The van der Waals surface area contributed by atoms with Crippen molar-refractivity contribution in [2.45, 2.75) is 26.8 Å². The Labute approximate surface area is 180 Å². The molecule has 0 amide bonds. The van der Waals surface area contributed by atoms with Crippen LogP contribution in [-0.4, -0.2) is 27.5 Å². The summed E-state index contributed by atoms with van der Waals surface area (Å²) in [5.74, 6) is -0.117. The number of hydrogen-bond donors (Lipinski definition) is 3. The Balaban J connectivity index is 0.00000210. The lowest BCUT2D eigenvalue weighted by Gasteiger charge is -2.17. The Hall–Kier alpha value is -2.61. The fraction of sp³-hybridized carbons (Fsp3) is 0.250. The van der Waals surface area contributed by atoms with Gasteiger partial charge in [-0.15, -0.1) is 12.4 Å². The number of guanidine groups is 1. The van der Waals surface area contributed by atoms with E-state index in [1.54, 1.807) is 10.6 Å². The molecule has 2 heterocycles. The number of hydrogen-bond acceptors (Lipinski definition) is 3. The van der Waals surface area contributed by atoms with Crippen molar-refractivity contribution < 1.29 is 5.48 Å². The lowest BCUT2D eigenvalue weighted by atomic mass is 9.95. The van der Waals surface area contributed by atoms with Crippen molar-refractivity contribution in [3.8, 4) is 11.1 Å². The molecule has 0 aliphatic carbocycles. The third-order valence-electron chi connectivity index (χ3n) is 4.46. The smallest absolute Gasteiger partial charge is 0.256 e. The molecule has 3 aromatic rings. The maximum absolute atomic E-state index is 13.3. The van der Waals surface area contributed by atoms with Crippen LogP contribution in [0.15, 0.2) is 41.2 Å². The Kier molecular flexibility index (Phi) is 8.63. The third-order valence-corrected chi connectivity index (χ3v) is 4.70. The zero-order valence-electron chi connectivity index (χ0n) is 16.3. The van der Waals surface area contributed by atoms with Gasteiger partial charge in [0.1, 0.15) is 5.65 Å². The monoisotopic (exact) mass is 437 g/mol. The molecule has 3 rings (SSSR count). The average molecular weight is 438 g/mol. The van der Waals surface area contributed by atoms with Gasteiger partial charge in [0.15, 0.2) is 5.96 Å². The van der Waals surface area contributed by atoms with Gasteiger partial charge in [-0.25, -0.2) is 4.98 Å². The molecule has 0 bridgehead atoms. The summed E-state index contributed by atoms with van der Waals surface area (Å²) >= 11 is 6.21. The molecule has 0 spiro atoms. The molecular weight excluding hydrogens is 413 g/mol. The Bertz CT molecular complexity index is 1080. The topological polar surface area (TPSA) is 128 Å². The van der Waals surface area contributed by atoms with Crippen LogP contribution in [-0.2, 0) is 13.0 Å². The summed E-state index contributed by atoms with van der Waals surface area (Å²) in [5.41, 5.74) is 9.19. The van der Waals surface area contributed by atoms with Crippen molar-refractivity contribution in [2.75, 3.05) is 6.54 Å². The standard InChI is InChI=1S/C20H22ClN5O.ClH.H2O/c1-3-26-18-15(8-7-12(2)25-18)17(13-5-4-6-14(21)11-13)16(19(26)27)9-10-24-20(22)23;;/h4-8,11H,3,9-10H2,1-2H3,(H4,22,23,24);1H;1H2. The molecule has 0 atom stereocenters. The molecule has 0 saturated heterocycles. The van der Waals surface area contributed by atoms with Crippen LogP contribution in [0.25, 0.3) is 22.2 Å². The average Bonchev–Trinajstić information content (AvgIpc) is 2.62. The molecule has 0 aliphatic heterocycles. The molecule has 7 nitrogen and oxygen atoms in total. The van der Waals surface area contributed by atoms with E-state index in [0.717, 1.165) is 22.2 Å². The largest absolute Gasteiger partial charge is 0.412 e. The van der Waals surface area contributed by atoms with Crippen LogP contribution >= 0.6 is 24.0 Å². The lowest BCUT2D eigenvalue weighted by molar-refractivity contribution is 0.729. The maximum atomic E-state index is 13.3. The second-order valence-corrected chi connectivity index (χ2v) is 6.76. The highest BCUT2D eigenvalue weighted by molar-refractivity contribution is 6.30. The van der Waals surface area contributed by atoms with Gasteiger partial charge < -0.3 is 16.5 Å². The number of nitrogens with two attached hydrogens (primary N) is 1. The molecule has 2 aromatic heterocycles. The summed E-state index contributed by atoms with van der Waals surface area (Å²) in [6.07, 6.45) is 0.435. The first-order valence-electron chi connectivity index (χ1n) is 8.79. The number of nitrogens with one attached hydrogen (secondary N) is 2. The van der Waals surface area contributed by atoms with Gasteiger partial charge in [0.25, 0.3) is 5.56 Å². The van der Waals surface area contributed by atoms with Gasteiger partial charge in [0.05, 0.1) is 0 Å². The minimum atomic E-state index is -0.117. The Morgan fingerprint density at radius 1 is 1.31 bits per heavy atom. The van der Waals surface area contributed by atoms with Crippen LogP contribution in [0, 0.1) is 12.3 Å². The molecule has 6 N–H and O–H groups in total. The van der Waals surface area contributed by atoms with Crippen molar-refractivity contribution in [2.24, 2.45) is 5.73 Å². The summed E-state index contributed by atoms with van der Waals surface area (Å²) in [6, 6.07) is 11.4. The highest BCUT2D eigenvalue weighted by Gasteiger charge is 2.18. The predicted molar refractivity (Wildman–Crippen MR) is 121 cm³/mol. The van der Waals surface area contributed by atoms with Crippen LogP contribution in [0.3, 0.4) is 0 Å². The number of aromatic nitrogens is 2. The summed E-state index contributed by atoms with van der Waals surface area (Å²) in [5, 5.41) is 11.6. The Morgan fingerprint density at radius 2 is 2.03 bits per heavy atom. The fourth-order valence-corrected chi connectivity index (χ4v) is 3.48. The molecule has 0 saturated carbocycles. The normalized spacial score (nSPS) is 10.2. The van der Waals surface area contributed by atoms with Gasteiger partial charge >= 0.3 is 0 Å². The quantitative estimate of drug-likeness (QED) is 0.418. The fourth-order valence-electron chi connectivity index (χ4n) is 3.29. The molecule has 29 heavy (non-hydrogen) atoms. The van der Waals surface area contributed by atoms with Crippen LogP contribution in [0.5, 0.6) is 0 Å². The number of rotatable bonds is 5. The van der Waals surface area contributed by atoms with Gasteiger partial charge in [0, 0.05) is 40.3 Å². The first-order chi connectivity index (χ1) is 12.9. The van der Waals surface area contributed by atoms with Crippen LogP contribution < -0.4 is 16.6 Å². The summed E-state index contributed by atoms with van der Waals surface area (Å²) < 4.78 is 1.69. The maximum Gasteiger partial charge on any atom is 0.256 e. The van der Waals surface area contributed by atoms with E-state index in [-0.39, 0.29) is 29.4 Å². The highest BCUT2D eigenvalue weighted by Crippen LogP contribution is 2.31. The molecule has 0 unspecified atom stereocenters. The number of nitrogens with zero attached hydrogens (tertiary/aromatic N) is 2. The number of aryl methyl sites for hydroxylation is 2. The molecule has 0 fully saturated rings. The molecule has 156 valence electrons. The van der Waals surface area contributed by atoms with Crippen molar-refractivity contribution in [3.05, 3.63) is 63.0 Å². The summed E-state index contributed by atoms with van der Waals surface area (Å²) in [4.78, 5) is 17.9. The zero-order chi connectivity index (χ0) is 19.6. The second kappa shape index (κ2) is 10.2. The predicted octanol–water partition coefficient (Wildman–Crippen LogP) is 2.67. The number of benzene rings is 1. The zero-order valence-corrected chi connectivity index (χ0v) is 17.8. The van der Waals surface area contributed by atoms with Crippen molar-refractivity contribution in [1.29, 1.82) is 5.41 Å². The van der Waals surface area contributed by atoms with Crippen LogP contribution in [0.4, 0.5) is 0 Å². The first-order valence-corrected chi connectivity index (χ1v) is 9.17. The van der Waals surface area contributed by atoms with E-state index in [1.165, 1.54) is 0 Å². The highest BCUT2D eigenvalue weighted by atomic mass is 35.5. The van der Waals surface area contributed by atoms with Crippen LogP contribution in [0.1, 0.15) is 18.2 Å². The van der Waals surface area contributed by atoms with Crippen LogP contribution in [0.2, 0.25) is 5.02 Å². The second-order valence-electron chi connectivity index (χ2n) is 6.33.